The fourth-order valence-corrected chi connectivity index (χ4v) is 0. The Kier molecular flexibility index (Phi) is 163. The molecule has 0 amide bonds. The fourth-order valence-electron chi connectivity index (χ4n) is 0. The van der Waals surface area contributed by atoms with Gasteiger partial charge in [-0.1, -0.05) is 231 Å². The monoisotopic (exact) mass is 1120 g/mol. The Morgan fingerprint density at radius 1 is 0.351 bits per heavy atom. The van der Waals surface area contributed by atoms with Crippen LogP contribution in [0.15, 0.2) is 23.8 Å². The van der Waals surface area contributed by atoms with Crippen molar-refractivity contribution in [1.29, 1.82) is 0 Å². The van der Waals surface area contributed by atoms with Gasteiger partial charge in [0.25, 0.3) is 0 Å². The number of hydrogen-bond acceptors (Lipinski definition) is 9. The van der Waals surface area contributed by atoms with Gasteiger partial charge in [-0.2, -0.15) is 0 Å². The van der Waals surface area contributed by atoms with Crippen molar-refractivity contribution >= 4 is 17.3 Å². The normalized spacial score (nSPS) is 11.3. The van der Waals surface area contributed by atoms with Crippen LogP contribution in [0.5, 0.6) is 0 Å². The van der Waals surface area contributed by atoms with E-state index >= 15 is 0 Å². The highest BCUT2D eigenvalue weighted by Gasteiger charge is 2.00. The van der Waals surface area contributed by atoms with E-state index in [4.69, 9.17) is 30.6 Å². The summed E-state index contributed by atoms with van der Waals surface area (Å²) in [6.07, 6.45) is 12.9. The molecule has 0 saturated carbocycles. The van der Waals surface area contributed by atoms with Crippen LogP contribution in [-0.2, 0) is 14.4 Å². The molecule has 0 spiro atoms. The molecule has 0 heterocycles. The number of carbonyl (C=O) groups excluding carboxylic acids is 3. The smallest absolute Gasteiger partial charge is 0.132 e. The zero-order chi connectivity index (χ0) is 63.5. The topological polar surface area (TPSA) is 173 Å². The van der Waals surface area contributed by atoms with Crippen LogP contribution in [0.4, 0.5) is 0 Å². The molecule has 0 aliphatic carbocycles. The van der Waals surface area contributed by atoms with Crippen LogP contribution in [0.25, 0.3) is 0 Å². The van der Waals surface area contributed by atoms with E-state index in [0.29, 0.717) is 30.1 Å². The maximum atomic E-state index is 10.1. The molecule has 0 radical (unpaired) electrons. The van der Waals surface area contributed by atoms with Crippen molar-refractivity contribution in [3.63, 3.8) is 0 Å². The third kappa shape index (κ3) is 295. The van der Waals surface area contributed by atoms with Gasteiger partial charge in [-0.15, -0.1) is 0 Å². The maximum Gasteiger partial charge on any atom is 0.132 e. The minimum Gasteiger partial charge on any atom is -0.393 e. The summed E-state index contributed by atoms with van der Waals surface area (Å²) in [7, 11) is 0. The van der Waals surface area contributed by atoms with E-state index in [1.165, 1.54) is 31.3 Å². The lowest BCUT2D eigenvalue weighted by atomic mass is 10.1. The Balaban J connectivity index is -0.0000000335. The average molecular weight is 1120 g/mol. The second kappa shape index (κ2) is 103. The van der Waals surface area contributed by atoms with Crippen LogP contribution in [0.3, 0.4) is 0 Å². The highest BCUT2D eigenvalue weighted by molar-refractivity contribution is 5.77. The Morgan fingerprint density at radius 3 is 0.455 bits per heavy atom. The molecule has 6 atom stereocenters. The Morgan fingerprint density at radius 2 is 0.455 bits per heavy atom. The summed E-state index contributed by atoms with van der Waals surface area (Å²) in [6, 6.07) is 0. The van der Waals surface area contributed by atoms with Crippen LogP contribution in [0.1, 0.15) is 323 Å². The number of allylic oxidation sites excluding steroid dienone is 4. The molecule has 6 N–H and O–H groups in total. The van der Waals surface area contributed by atoms with E-state index in [0.717, 1.165) is 24.7 Å². The first-order valence-electron chi connectivity index (χ1n) is 29.1. The van der Waals surface area contributed by atoms with E-state index in [1.54, 1.807) is 62.3 Å². The molecule has 0 rings (SSSR count). The number of carbonyl (C=O) groups is 3. The van der Waals surface area contributed by atoms with Gasteiger partial charge in [-0.05, 0) is 145 Å². The van der Waals surface area contributed by atoms with E-state index in [1.807, 2.05) is 137 Å². The molecule has 486 valence electrons. The largest absolute Gasteiger partial charge is 0.393 e. The minimum atomic E-state index is -0.148. The highest BCUT2D eigenvalue weighted by atomic mass is 16.3. The SMILES string of the molecule is C.C.C.C/C=C/C.CC(=O)C(C)C.CC(=O)C(C)C.CC(C)[C@@H](C)O.CC(C)[C@@H](C)O.CC(C)[C@H](C)O.CC(C)[C@H](C)O.CC=C(C)C.CCC(C)=O.CCC(C)C.CCC(C)C.CCCC.CC[C@@H](C)O.CC[C@H](C)O. The standard InChI is InChI=1S/4C5H12O.2C5H10O.2C5H12.C5H10.2C4H10O.C4H8O.C4H10.C4H8.3CH4/c6*1-4(2)5(3)6;3*1-4-5(2)3;3*1-3-4(2)5;2*1-3-4-2;;;/h4*4-6H,1-3H3;2*4H,1-3H3;2*5H,4H2,1-3H3;4H,1-3H3;2*4-5H,3H2,1-2H3;3H2,1-2H3;3-4H2,1-2H3;3-4H,1-2H3;3*1H4/b;;;;;;;;;;;;;4-3+;;;/t4*5-;;;;;;2*4-;;;;;;/m1100.....10....../s1. The molecule has 0 aliphatic heterocycles. The molecule has 9 nitrogen and oxygen atoms in total. The van der Waals surface area contributed by atoms with Crippen molar-refractivity contribution in [2.24, 2.45) is 47.3 Å². The molecule has 0 aromatic heterocycles. The van der Waals surface area contributed by atoms with Gasteiger partial charge in [0.2, 0.25) is 0 Å². The molecular formula is C68H160O9. The lowest BCUT2D eigenvalue weighted by Gasteiger charge is -2.04. The van der Waals surface area contributed by atoms with Gasteiger partial charge >= 0.3 is 0 Å². The Hall–Kier alpha value is -1.75. The van der Waals surface area contributed by atoms with E-state index in [9.17, 15) is 14.4 Å². The number of rotatable bonds is 12. The van der Waals surface area contributed by atoms with Gasteiger partial charge < -0.3 is 35.4 Å². The molecule has 0 fully saturated rings. The molecule has 0 aromatic carbocycles. The molecular weight excluding hydrogens is 961 g/mol. The summed E-state index contributed by atoms with van der Waals surface area (Å²) in [4.78, 5) is 30.1. The molecule has 0 bridgehead atoms. The first-order chi connectivity index (χ1) is 33.3. The Labute approximate surface area is 491 Å². The van der Waals surface area contributed by atoms with Crippen molar-refractivity contribution in [1.82, 2.24) is 0 Å². The fraction of sp³-hybridized carbons (Fsp3) is 0.897. The van der Waals surface area contributed by atoms with Gasteiger partial charge in [-0.3, -0.25) is 9.59 Å². The van der Waals surface area contributed by atoms with E-state index < -0.39 is 0 Å². The van der Waals surface area contributed by atoms with E-state index in [2.05, 4.69) is 75.3 Å². The number of unbranched alkanes of at least 4 members (excludes halogenated alkanes) is 1. The van der Waals surface area contributed by atoms with Crippen LogP contribution < -0.4 is 0 Å². The lowest BCUT2D eigenvalue weighted by molar-refractivity contribution is -0.120. The molecule has 9 heteroatoms. The van der Waals surface area contributed by atoms with Gasteiger partial charge in [-0.25, -0.2) is 0 Å². The first-order valence-corrected chi connectivity index (χ1v) is 29.1. The van der Waals surface area contributed by atoms with Crippen LogP contribution in [-0.4, -0.2) is 84.6 Å². The molecule has 0 aromatic rings. The zero-order valence-corrected chi connectivity index (χ0v) is 57.7. The van der Waals surface area contributed by atoms with Crippen LogP contribution >= 0.6 is 0 Å². The number of aliphatic hydroxyl groups excluding tert-OH is 6. The summed E-state index contributed by atoms with van der Waals surface area (Å²) in [5.74, 6) is 4.60. The quantitative estimate of drug-likeness (QED) is 0.104. The van der Waals surface area contributed by atoms with Crippen molar-refractivity contribution in [3.05, 3.63) is 23.8 Å². The average Bonchev–Trinajstić information content (AvgIpc) is 3.30. The third-order valence-electron chi connectivity index (χ3n) is 10.2. The summed E-state index contributed by atoms with van der Waals surface area (Å²) >= 11 is 0. The van der Waals surface area contributed by atoms with Gasteiger partial charge in [0.15, 0.2) is 0 Å². The molecule has 77 heavy (non-hydrogen) atoms. The highest BCUT2D eigenvalue weighted by Crippen LogP contribution is 1.99. The van der Waals surface area contributed by atoms with Crippen molar-refractivity contribution < 1.29 is 45.0 Å². The third-order valence-corrected chi connectivity index (χ3v) is 10.2. The lowest BCUT2D eigenvalue weighted by Crippen LogP contribution is -2.07. The predicted octanol–water partition coefficient (Wildman–Crippen LogP) is 20.5. The number of ketones is 3. The number of hydrogen-bond donors (Lipinski definition) is 6. The summed E-state index contributed by atoms with van der Waals surface area (Å²) in [5, 5.41) is 51.2. The Bertz CT molecular complexity index is 870. The molecule has 0 aliphatic rings. The van der Waals surface area contributed by atoms with Gasteiger partial charge in [0.05, 0.1) is 36.6 Å². The summed E-state index contributed by atoms with van der Waals surface area (Å²) < 4.78 is 0. The first kappa shape index (κ1) is 122. The summed E-state index contributed by atoms with van der Waals surface area (Å²) in [5.41, 5.74) is 1.38. The van der Waals surface area contributed by atoms with Crippen molar-refractivity contribution in [3.8, 4) is 0 Å². The van der Waals surface area contributed by atoms with Gasteiger partial charge in [0.1, 0.15) is 17.3 Å². The molecule has 0 saturated heterocycles. The van der Waals surface area contributed by atoms with Crippen LogP contribution in [0, 0.1) is 47.3 Å². The maximum absolute atomic E-state index is 10.1. The number of aliphatic hydroxyl groups is 6. The van der Waals surface area contributed by atoms with Crippen molar-refractivity contribution in [2.45, 2.75) is 360 Å². The molecule has 0 unspecified atom stereocenters. The summed E-state index contributed by atoms with van der Waals surface area (Å²) in [6.45, 7) is 72.6. The zero-order valence-electron chi connectivity index (χ0n) is 57.7. The van der Waals surface area contributed by atoms with E-state index in [-0.39, 0.29) is 88.1 Å². The second-order valence-corrected chi connectivity index (χ2v) is 21.7. The second-order valence-electron chi connectivity index (χ2n) is 21.7. The predicted molar refractivity (Wildman–Crippen MR) is 359 cm³/mol. The van der Waals surface area contributed by atoms with Crippen LogP contribution in [0.2, 0.25) is 0 Å². The van der Waals surface area contributed by atoms with Crippen molar-refractivity contribution in [2.75, 3.05) is 0 Å². The number of Topliss-reactive ketones (excluding diaryl/α,β-unsaturated/α-hetero) is 3. The van der Waals surface area contributed by atoms with Gasteiger partial charge in [0, 0.05) is 18.3 Å². The minimum absolute atomic E-state index is 0.